The van der Waals surface area contributed by atoms with Crippen LogP contribution in [0.5, 0.6) is 0 Å². The van der Waals surface area contributed by atoms with Crippen molar-refractivity contribution in [3.8, 4) is 0 Å². The summed E-state index contributed by atoms with van der Waals surface area (Å²) >= 11 is 1.93. The molecule has 122 valence electrons. The van der Waals surface area contributed by atoms with Crippen LogP contribution < -0.4 is 11.1 Å². The van der Waals surface area contributed by atoms with E-state index in [9.17, 15) is 13.2 Å². The van der Waals surface area contributed by atoms with Gasteiger partial charge in [-0.15, -0.1) is 0 Å². The van der Waals surface area contributed by atoms with Crippen molar-refractivity contribution in [1.82, 2.24) is 5.32 Å². The zero-order valence-corrected chi connectivity index (χ0v) is 13.0. The summed E-state index contributed by atoms with van der Waals surface area (Å²) in [7, 11) is 0. The molecule has 0 aromatic heterocycles. The largest absolute Gasteiger partial charge is 0.416 e. The molecule has 1 fully saturated rings. The zero-order valence-electron chi connectivity index (χ0n) is 12.2. The molecule has 1 heterocycles. The number of benzene rings is 1. The van der Waals surface area contributed by atoms with Gasteiger partial charge in [-0.2, -0.15) is 24.9 Å². The molecule has 0 bridgehead atoms. The van der Waals surface area contributed by atoms with E-state index in [1.165, 1.54) is 31.1 Å². The fourth-order valence-electron chi connectivity index (χ4n) is 2.27. The Morgan fingerprint density at radius 1 is 1.36 bits per heavy atom. The van der Waals surface area contributed by atoms with Crippen LogP contribution >= 0.6 is 11.8 Å². The van der Waals surface area contributed by atoms with Gasteiger partial charge in [0.05, 0.1) is 12.1 Å². The van der Waals surface area contributed by atoms with Gasteiger partial charge in [0.2, 0.25) is 0 Å². The van der Waals surface area contributed by atoms with E-state index >= 15 is 0 Å². The summed E-state index contributed by atoms with van der Waals surface area (Å²) in [5.74, 6) is 1.46. The summed E-state index contributed by atoms with van der Waals surface area (Å²) in [5, 5.41) is 3.59. The molecule has 1 unspecified atom stereocenters. The first-order valence-corrected chi connectivity index (χ1v) is 8.31. The summed E-state index contributed by atoms with van der Waals surface area (Å²) in [6.07, 6.45) is -0.665. The highest BCUT2D eigenvalue weighted by Gasteiger charge is 2.30. The highest BCUT2D eigenvalue weighted by atomic mass is 32.2. The third-order valence-electron chi connectivity index (χ3n) is 3.47. The number of nitrogens with two attached hydrogens (primary N) is 1. The molecule has 0 spiro atoms. The molecule has 1 aromatic carbocycles. The smallest absolute Gasteiger partial charge is 0.370 e. The van der Waals surface area contributed by atoms with Crippen LogP contribution in [0.2, 0.25) is 0 Å². The van der Waals surface area contributed by atoms with Crippen molar-refractivity contribution in [2.75, 3.05) is 12.3 Å². The van der Waals surface area contributed by atoms with Gasteiger partial charge in [-0.3, -0.25) is 0 Å². The number of aliphatic imine (C=N–C) groups is 1. The Balaban J connectivity index is 1.85. The second-order valence-electron chi connectivity index (χ2n) is 5.27. The van der Waals surface area contributed by atoms with E-state index in [0.29, 0.717) is 10.8 Å². The molecule has 0 saturated carbocycles. The second-order valence-corrected chi connectivity index (χ2v) is 6.68. The maximum Gasteiger partial charge on any atom is 0.416 e. The fourth-order valence-corrected chi connectivity index (χ4v) is 3.50. The van der Waals surface area contributed by atoms with Gasteiger partial charge in [-0.05, 0) is 36.3 Å². The quantitative estimate of drug-likeness (QED) is 0.657. The number of halogens is 3. The minimum absolute atomic E-state index is 0.139. The van der Waals surface area contributed by atoms with Gasteiger partial charge in [-0.25, -0.2) is 4.99 Å². The number of thioether (sulfide) groups is 1. The molecule has 1 aromatic rings. The van der Waals surface area contributed by atoms with Crippen molar-refractivity contribution >= 4 is 17.7 Å². The number of guanidine groups is 1. The summed E-state index contributed by atoms with van der Waals surface area (Å²) in [5.41, 5.74) is 5.60. The minimum atomic E-state index is -4.33. The number of rotatable bonds is 4. The topological polar surface area (TPSA) is 50.4 Å². The molecular formula is C15H20F3N3S. The SMILES string of the molecule is NC(=NCc1cccc(C(F)(F)F)c1)NCC1CCCCS1. The van der Waals surface area contributed by atoms with Gasteiger partial charge in [0.15, 0.2) is 5.96 Å². The summed E-state index contributed by atoms with van der Waals surface area (Å²) in [6, 6.07) is 5.15. The zero-order chi connectivity index (χ0) is 16.0. The Hall–Kier alpha value is -1.37. The third-order valence-corrected chi connectivity index (χ3v) is 4.87. The molecule has 0 radical (unpaired) electrons. The molecule has 7 heteroatoms. The van der Waals surface area contributed by atoms with Gasteiger partial charge >= 0.3 is 6.18 Å². The van der Waals surface area contributed by atoms with Crippen LogP contribution in [0.3, 0.4) is 0 Å². The highest BCUT2D eigenvalue weighted by Crippen LogP contribution is 2.29. The molecule has 1 aliphatic heterocycles. The first-order valence-electron chi connectivity index (χ1n) is 7.26. The molecule has 1 atom stereocenters. The lowest BCUT2D eigenvalue weighted by Crippen LogP contribution is -2.37. The van der Waals surface area contributed by atoms with E-state index in [0.717, 1.165) is 18.7 Å². The lowest BCUT2D eigenvalue weighted by molar-refractivity contribution is -0.137. The van der Waals surface area contributed by atoms with Gasteiger partial charge in [0.1, 0.15) is 0 Å². The van der Waals surface area contributed by atoms with E-state index in [-0.39, 0.29) is 12.5 Å². The number of alkyl halides is 3. The fraction of sp³-hybridized carbons (Fsp3) is 0.533. The second kappa shape index (κ2) is 7.76. The van der Waals surface area contributed by atoms with Crippen molar-refractivity contribution in [2.45, 2.75) is 37.2 Å². The molecule has 22 heavy (non-hydrogen) atoms. The maximum atomic E-state index is 12.6. The van der Waals surface area contributed by atoms with E-state index in [2.05, 4.69) is 10.3 Å². The molecule has 1 aliphatic rings. The van der Waals surface area contributed by atoms with E-state index < -0.39 is 11.7 Å². The predicted molar refractivity (Wildman–Crippen MR) is 84.9 cm³/mol. The van der Waals surface area contributed by atoms with Crippen LogP contribution in [0.1, 0.15) is 30.4 Å². The number of hydrogen-bond donors (Lipinski definition) is 2. The van der Waals surface area contributed by atoms with Crippen LogP contribution in [-0.2, 0) is 12.7 Å². The van der Waals surface area contributed by atoms with Crippen molar-refractivity contribution in [2.24, 2.45) is 10.7 Å². The van der Waals surface area contributed by atoms with Crippen LogP contribution in [-0.4, -0.2) is 23.5 Å². The number of hydrogen-bond acceptors (Lipinski definition) is 2. The molecule has 2 rings (SSSR count). The third kappa shape index (κ3) is 5.44. The highest BCUT2D eigenvalue weighted by molar-refractivity contribution is 7.99. The minimum Gasteiger partial charge on any atom is -0.370 e. The first-order chi connectivity index (χ1) is 10.4. The Bertz CT molecular complexity index is 511. The van der Waals surface area contributed by atoms with E-state index in [4.69, 9.17) is 5.73 Å². The molecule has 3 N–H and O–H groups in total. The monoisotopic (exact) mass is 331 g/mol. The molecular weight excluding hydrogens is 311 g/mol. The van der Waals surface area contributed by atoms with Crippen LogP contribution in [0, 0.1) is 0 Å². The maximum absolute atomic E-state index is 12.6. The summed E-state index contributed by atoms with van der Waals surface area (Å²) < 4.78 is 37.9. The Morgan fingerprint density at radius 2 is 2.18 bits per heavy atom. The normalized spacial score (nSPS) is 20.0. The van der Waals surface area contributed by atoms with Crippen LogP contribution in [0.4, 0.5) is 13.2 Å². The van der Waals surface area contributed by atoms with Gasteiger partial charge in [0, 0.05) is 11.8 Å². The van der Waals surface area contributed by atoms with Crippen molar-refractivity contribution in [1.29, 1.82) is 0 Å². The van der Waals surface area contributed by atoms with Crippen molar-refractivity contribution < 1.29 is 13.2 Å². The van der Waals surface area contributed by atoms with Gasteiger partial charge in [0.25, 0.3) is 0 Å². The van der Waals surface area contributed by atoms with Crippen molar-refractivity contribution in [3.63, 3.8) is 0 Å². The molecule has 3 nitrogen and oxygen atoms in total. The van der Waals surface area contributed by atoms with E-state index in [1.807, 2.05) is 11.8 Å². The molecule has 0 amide bonds. The van der Waals surface area contributed by atoms with Gasteiger partial charge in [-0.1, -0.05) is 18.6 Å². The van der Waals surface area contributed by atoms with Crippen molar-refractivity contribution in [3.05, 3.63) is 35.4 Å². The summed E-state index contributed by atoms with van der Waals surface area (Å²) in [4.78, 5) is 4.11. The standard InChI is InChI=1S/C15H20F3N3S/c16-15(17,18)12-5-3-4-11(8-12)9-20-14(19)21-10-13-6-1-2-7-22-13/h3-5,8,13H,1-2,6-7,9-10H2,(H3,19,20,21). The van der Waals surface area contributed by atoms with Crippen LogP contribution in [0.25, 0.3) is 0 Å². The van der Waals surface area contributed by atoms with Crippen LogP contribution in [0.15, 0.2) is 29.3 Å². The summed E-state index contributed by atoms with van der Waals surface area (Å²) in [6.45, 7) is 0.892. The van der Waals surface area contributed by atoms with E-state index in [1.54, 1.807) is 6.07 Å². The lowest BCUT2D eigenvalue weighted by Gasteiger charge is -2.21. The average molecular weight is 331 g/mol. The Morgan fingerprint density at radius 3 is 2.86 bits per heavy atom. The lowest BCUT2D eigenvalue weighted by atomic mass is 10.1. The molecule has 0 aliphatic carbocycles. The Kier molecular flexibility index (Phi) is 5.99. The molecule has 1 saturated heterocycles. The Labute approximate surface area is 132 Å². The first kappa shape index (κ1) is 17.0. The average Bonchev–Trinajstić information content (AvgIpc) is 2.51. The predicted octanol–water partition coefficient (Wildman–Crippen LogP) is 3.40. The van der Waals surface area contributed by atoms with Gasteiger partial charge < -0.3 is 11.1 Å². The number of nitrogens with zero attached hydrogens (tertiary/aromatic N) is 1. The number of nitrogens with one attached hydrogen (secondary N) is 1.